The number of hydrogen-bond donors (Lipinski definition) is 1. The van der Waals surface area contributed by atoms with E-state index < -0.39 is 5.60 Å². The van der Waals surface area contributed by atoms with E-state index in [1.807, 2.05) is 13.0 Å². The van der Waals surface area contributed by atoms with Crippen molar-refractivity contribution in [3.63, 3.8) is 0 Å². The first-order valence-electron chi connectivity index (χ1n) is 7.66. The molecule has 1 N–H and O–H groups in total. The molecule has 19 heavy (non-hydrogen) atoms. The first-order valence-corrected chi connectivity index (χ1v) is 7.66. The second-order valence-electron chi connectivity index (χ2n) is 5.90. The van der Waals surface area contributed by atoms with Crippen LogP contribution in [-0.4, -0.2) is 29.1 Å². The van der Waals surface area contributed by atoms with Crippen LogP contribution in [0.5, 0.6) is 0 Å². The normalized spacial score (nSPS) is 26.5. The Labute approximate surface area is 117 Å². The molecule has 0 saturated carbocycles. The highest BCUT2D eigenvalue weighted by atomic mass is 16.3. The van der Waals surface area contributed by atoms with Gasteiger partial charge in [-0.1, -0.05) is 38.1 Å². The number of aryl methyl sites for hydroxylation is 1. The van der Waals surface area contributed by atoms with Gasteiger partial charge in [-0.25, -0.2) is 0 Å². The largest absolute Gasteiger partial charge is 0.384 e. The summed E-state index contributed by atoms with van der Waals surface area (Å²) in [6.07, 6.45) is 4.44. The second-order valence-corrected chi connectivity index (χ2v) is 5.90. The Morgan fingerprint density at radius 2 is 1.84 bits per heavy atom. The summed E-state index contributed by atoms with van der Waals surface area (Å²) >= 11 is 0. The summed E-state index contributed by atoms with van der Waals surface area (Å²) in [5.41, 5.74) is 1.72. The molecule has 0 aromatic heterocycles. The Morgan fingerprint density at radius 3 is 2.47 bits per heavy atom. The lowest BCUT2D eigenvalue weighted by atomic mass is 9.76. The Kier molecular flexibility index (Phi) is 4.64. The van der Waals surface area contributed by atoms with E-state index in [9.17, 15) is 5.11 Å². The van der Waals surface area contributed by atoms with Crippen LogP contribution in [0.2, 0.25) is 0 Å². The highest BCUT2D eigenvalue weighted by Crippen LogP contribution is 2.37. The summed E-state index contributed by atoms with van der Waals surface area (Å²) in [4.78, 5) is 2.48. The molecule has 0 fully saturated rings. The van der Waals surface area contributed by atoms with E-state index >= 15 is 0 Å². The van der Waals surface area contributed by atoms with Gasteiger partial charge in [-0.15, -0.1) is 0 Å². The van der Waals surface area contributed by atoms with E-state index in [4.69, 9.17) is 0 Å². The molecule has 2 nitrogen and oxygen atoms in total. The molecular formula is C17H27NO. The van der Waals surface area contributed by atoms with Crippen molar-refractivity contribution in [1.29, 1.82) is 0 Å². The third-order valence-corrected chi connectivity index (χ3v) is 4.36. The van der Waals surface area contributed by atoms with Crippen LogP contribution in [0, 0.1) is 0 Å². The van der Waals surface area contributed by atoms with Crippen molar-refractivity contribution in [3.05, 3.63) is 35.4 Å². The van der Waals surface area contributed by atoms with Crippen molar-refractivity contribution in [2.75, 3.05) is 13.1 Å². The van der Waals surface area contributed by atoms with Gasteiger partial charge in [0.2, 0.25) is 0 Å². The van der Waals surface area contributed by atoms with Gasteiger partial charge in [0, 0.05) is 6.04 Å². The highest BCUT2D eigenvalue weighted by Gasteiger charge is 2.41. The Bertz CT molecular complexity index is 407. The van der Waals surface area contributed by atoms with Crippen LogP contribution in [0.4, 0.5) is 0 Å². The number of fused-ring (bicyclic) bond motifs is 1. The van der Waals surface area contributed by atoms with E-state index in [1.165, 1.54) is 5.56 Å². The molecule has 0 spiro atoms. The van der Waals surface area contributed by atoms with E-state index in [2.05, 4.69) is 36.9 Å². The molecule has 1 aromatic carbocycles. The Morgan fingerprint density at radius 1 is 1.21 bits per heavy atom. The average molecular weight is 261 g/mol. The van der Waals surface area contributed by atoms with E-state index in [-0.39, 0.29) is 6.04 Å². The molecule has 2 unspecified atom stereocenters. The first kappa shape index (κ1) is 14.5. The highest BCUT2D eigenvalue weighted by molar-refractivity contribution is 5.36. The fourth-order valence-electron chi connectivity index (χ4n) is 3.52. The predicted molar refractivity (Wildman–Crippen MR) is 80.3 cm³/mol. The smallest absolute Gasteiger partial charge is 0.103 e. The van der Waals surface area contributed by atoms with Gasteiger partial charge < -0.3 is 5.11 Å². The standard InChI is InChI=1S/C17H27NO/c1-4-12-18(13-5-2)16-11-10-14-8-6-7-9-15(14)17(16,3)19/h6-9,16,19H,4-5,10-13H2,1-3H3. The number of aliphatic hydroxyl groups is 1. The predicted octanol–water partition coefficient (Wildman–Crippen LogP) is 3.33. The molecule has 0 radical (unpaired) electrons. The minimum atomic E-state index is -0.723. The van der Waals surface area contributed by atoms with Crippen LogP contribution in [0.25, 0.3) is 0 Å². The average Bonchev–Trinajstić information content (AvgIpc) is 2.39. The maximum atomic E-state index is 11.1. The van der Waals surface area contributed by atoms with E-state index in [0.717, 1.165) is 44.3 Å². The topological polar surface area (TPSA) is 23.5 Å². The van der Waals surface area contributed by atoms with Crippen molar-refractivity contribution in [2.45, 2.75) is 58.1 Å². The molecule has 2 rings (SSSR count). The molecule has 2 heteroatoms. The molecular weight excluding hydrogens is 234 g/mol. The fourth-order valence-corrected chi connectivity index (χ4v) is 3.52. The third kappa shape index (κ3) is 2.85. The lowest BCUT2D eigenvalue weighted by Crippen LogP contribution is -2.52. The van der Waals surface area contributed by atoms with Gasteiger partial charge in [-0.3, -0.25) is 4.90 Å². The number of benzene rings is 1. The molecule has 0 amide bonds. The van der Waals surface area contributed by atoms with Gasteiger partial charge in [-0.2, -0.15) is 0 Å². The van der Waals surface area contributed by atoms with Crippen molar-refractivity contribution in [1.82, 2.24) is 4.90 Å². The summed E-state index contributed by atoms with van der Waals surface area (Å²) in [6, 6.07) is 8.62. The summed E-state index contributed by atoms with van der Waals surface area (Å²) in [5, 5.41) is 11.1. The third-order valence-electron chi connectivity index (χ3n) is 4.36. The lowest BCUT2D eigenvalue weighted by Gasteiger charge is -2.45. The molecule has 0 saturated heterocycles. The molecule has 106 valence electrons. The van der Waals surface area contributed by atoms with Crippen LogP contribution >= 0.6 is 0 Å². The number of nitrogens with zero attached hydrogens (tertiary/aromatic N) is 1. The zero-order valence-electron chi connectivity index (χ0n) is 12.5. The second kappa shape index (κ2) is 6.06. The monoisotopic (exact) mass is 261 g/mol. The van der Waals surface area contributed by atoms with Crippen molar-refractivity contribution < 1.29 is 5.11 Å². The van der Waals surface area contributed by atoms with E-state index in [1.54, 1.807) is 0 Å². The summed E-state index contributed by atoms with van der Waals surface area (Å²) in [7, 11) is 0. The molecule has 1 aromatic rings. The summed E-state index contributed by atoms with van der Waals surface area (Å²) in [5.74, 6) is 0. The molecule has 0 bridgehead atoms. The molecule has 1 aliphatic rings. The Hall–Kier alpha value is -0.860. The van der Waals surface area contributed by atoms with Gasteiger partial charge in [-0.05, 0) is 56.8 Å². The molecule has 0 aliphatic heterocycles. The van der Waals surface area contributed by atoms with Crippen molar-refractivity contribution in [3.8, 4) is 0 Å². The van der Waals surface area contributed by atoms with Crippen LogP contribution in [-0.2, 0) is 12.0 Å². The first-order chi connectivity index (χ1) is 9.11. The van der Waals surface area contributed by atoms with Crippen LogP contribution in [0.3, 0.4) is 0 Å². The van der Waals surface area contributed by atoms with Gasteiger partial charge in [0.15, 0.2) is 0 Å². The molecule has 2 atom stereocenters. The summed E-state index contributed by atoms with van der Waals surface area (Å²) in [6.45, 7) is 8.59. The minimum absolute atomic E-state index is 0.252. The quantitative estimate of drug-likeness (QED) is 0.879. The van der Waals surface area contributed by atoms with Gasteiger partial charge in [0.05, 0.1) is 0 Å². The Balaban J connectivity index is 2.28. The van der Waals surface area contributed by atoms with Gasteiger partial charge in [0.25, 0.3) is 0 Å². The van der Waals surface area contributed by atoms with Crippen LogP contribution in [0.1, 0.15) is 51.2 Å². The van der Waals surface area contributed by atoms with Gasteiger partial charge in [0.1, 0.15) is 5.60 Å². The number of hydrogen-bond acceptors (Lipinski definition) is 2. The zero-order chi connectivity index (χ0) is 13.9. The maximum absolute atomic E-state index is 11.1. The zero-order valence-corrected chi connectivity index (χ0v) is 12.5. The van der Waals surface area contributed by atoms with Crippen molar-refractivity contribution in [2.24, 2.45) is 0 Å². The number of rotatable bonds is 5. The molecule has 0 heterocycles. The minimum Gasteiger partial charge on any atom is -0.384 e. The van der Waals surface area contributed by atoms with E-state index in [0.29, 0.717) is 0 Å². The van der Waals surface area contributed by atoms with Crippen LogP contribution in [0.15, 0.2) is 24.3 Å². The maximum Gasteiger partial charge on any atom is 0.103 e. The SMILES string of the molecule is CCCN(CCC)C1CCc2ccccc2C1(C)O. The van der Waals surface area contributed by atoms with Gasteiger partial charge >= 0.3 is 0 Å². The van der Waals surface area contributed by atoms with Crippen LogP contribution < -0.4 is 0 Å². The molecule has 1 aliphatic carbocycles. The summed E-state index contributed by atoms with van der Waals surface area (Å²) < 4.78 is 0. The van der Waals surface area contributed by atoms with Crippen molar-refractivity contribution >= 4 is 0 Å². The lowest BCUT2D eigenvalue weighted by molar-refractivity contribution is -0.0495. The fraction of sp³-hybridized carbons (Fsp3) is 0.647.